The number of hydrogen-bond acceptors (Lipinski definition) is 3. The lowest BCUT2D eigenvalue weighted by molar-refractivity contribution is -0.138. The first-order chi connectivity index (χ1) is 6.50. The first-order valence-electron chi connectivity index (χ1n) is 4.53. The molecule has 1 heterocycles. The highest BCUT2D eigenvalue weighted by atomic mass is 16.4. The molecule has 0 aliphatic heterocycles. The normalized spacial score (nSPS) is 13.1. The van der Waals surface area contributed by atoms with Gasteiger partial charge < -0.3 is 10.8 Å². The van der Waals surface area contributed by atoms with Crippen LogP contribution in [0, 0.1) is 0 Å². The van der Waals surface area contributed by atoms with E-state index in [2.05, 4.69) is 5.10 Å². The van der Waals surface area contributed by atoms with E-state index in [4.69, 9.17) is 10.8 Å². The molecule has 0 aromatic carbocycles. The van der Waals surface area contributed by atoms with E-state index in [0.29, 0.717) is 5.69 Å². The third kappa shape index (κ3) is 2.56. The van der Waals surface area contributed by atoms with E-state index in [1.165, 1.54) is 0 Å². The fourth-order valence-corrected chi connectivity index (χ4v) is 1.09. The highest BCUT2D eigenvalue weighted by molar-refractivity contribution is 5.73. The Morgan fingerprint density at radius 1 is 1.71 bits per heavy atom. The number of nitrogens with zero attached hydrogens (tertiary/aromatic N) is 2. The molecule has 1 aromatic rings. The van der Waals surface area contributed by atoms with Crippen LogP contribution in [0.3, 0.4) is 0 Å². The van der Waals surface area contributed by atoms with Crippen LogP contribution >= 0.6 is 0 Å². The molecule has 0 unspecified atom stereocenters. The summed E-state index contributed by atoms with van der Waals surface area (Å²) < 4.78 is 1.78. The van der Waals surface area contributed by atoms with Gasteiger partial charge >= 0.3 is 5.97 Å². The van der Waals surface area contributed by atoms with Gasteiger partial charge in [0.1, 0.15) is 6.04 Å². The second-order valence-electron chi connectivity index (χ2n) is 3.53. The molecule has 1 aromatic heterocycles. The second-order valence-corrected chi connectivity index (χ2v) is 3.53. The molecule has 1 atom stereocenters. The molecule has 0 radical (unpaired) electrons. The number of rotatable bonds is 4. The molecule has 78 valence electrons. The van der Waals surface area contributed by atoms with Gasteiger partial charge in [-0.25, -0.2) is 0 Å². The van der Waals surface area contributed by atoms with Gasteiger partial charge in [-0.15, -0.1) is 0 Å². The molecule has 5 nitrogen and oxygen atoms in total. The maximum absolute atomic E-state index is 10.5. The van der Waals surface area contributed by atoms with Gasteiger partial charge in [0.15, 0.2) is 0 Å². The van der Waals surface area contributed by atoms with Crippen LogP contribution in [-0.4, -0.2) is 26.9 Å². The largest absolute Gasteiger partial charge is 0.480 e. The van der Waals surface area contributed by atoms with Crippen molar-refractivity contribution in [3.05, 3.63) is 18.0 Å². The van der Waals surface area contributed by atoms with E-state index in [-0.39, 0.29) is 12.5 Å². The van der Waals surface area contributed by atoms with Crippen LogP contribution in [0.5, 0.6) is 0 Å². The number of carboxylic acids is 1. The molecule has 1 rings (SSSR count). The van der Waals surface area contributed by atoms with Gasteiger partial charge in [0.05, 0.1) is 5.69 Å². The molecule has 0 aliphatic carbocycles. The van der Waals surface area contributed by atoms with E-state index in [1.807, 2.05) is 20.0 Å². The van der Waals surface area contributed by atoms with E-state index in [1.54, 1.807) is 10.7 Å². The van der Waals surface area contributed by atoms with Crippen LogP contribution in [0.25, 0.3) is 0 Å². The summed E-state index contributed by atoms with van der Waals surface area (Å²) in [6, 6.07) is 1.21. The Labute approximate surface area is 82.5 Å². The van der Waals surface area contributed by atoms with Crippen molar-refractivity contribution in [2.45, 2.75) is 32.4 Å². The van der Waals surface area contributed by atoms with Crippen molar-refractivity contribution in [2.75, 3.05) is 0 Å². The minimum Gasteiger partial charge on any atom is -0.480 e. The summed E-state index contributed by atoms with van der Waals surface area (Å²) in [7, 11) is 0. The summed E-state index contributed by atoms with van der Waals surface area (Å²) in [5, 5.41) is 12.8. The molecule has 0 fully saturated rings. The number of aromatic nitrogens is 2. The second kappa shape index (κ2) is 4.23. The Morgan fingerprint density at radius 2 is 2.36 bits per heavy atom. The Balaban J connectivity index is 2.64. The molecular weight excluding hydrogens is 182 g/mol. The van der Waals surface area contributed by atoms with Crippen LogP contribution < -0.4 is 5.73 Å². The predicted molar refractivity (Wildman–Crippen MR) is 51.9 cm³/mol. The van der Waals surface area contributed by atoms with Gasteiger partial charge in [0, 0.05) is 18.7 Å². The average Bonchev–Trinajstić information content (AvgIpc) is 2.52. The topological polar surface area (TPSA) is 81.1 Å². The van der Waals surface area contributed by atoms with Gasteiger partial charge in [-0.3, -0.25) is 9.48 Å². The molecule has 14 heavy (non-hydrogen) atoms. The van der Waals surface area contributed by atoms with Crippen LogP contribution in [-0.2, 0) is 11.2 Å². The zero-order valence-electron chi connectivity index (χ0n) is 8.34. The summed E-state index contributed by atoms with van der Waals surface area (Å²) in [5.41, 5.74) is 6.10. The zero-order chi connectivity index (χ0) is 10.7. The molecule has 5 heteroatoms. The Hall–Kier alpha value is -1.36. The first kappa shape index (κ1) is 10.7. The quantitative estimate of drug-likeness (QED) is 0.732. The van der Waals surface area contributed by atoms with Gasteiger partial charge in [-0.1, -0.05) is 0 Å². The smallest absolute Gasteiger partial charge is 0.320 e. The Morgan fingerprint density at radius 3 is 2.79 bits per heavy atom. The maximum Gasteiger partial charge on any atom is 0.320 e. The molecule has 3 N–H and O–H groups in total. The SMILES string of the molecule is CC(C)n1ccc(C[C@H](N)C(=O)O)n1. The van der Waals surface area contributed by atoms with Crippen LogP contribution in [0.4, 0.5) is 0 Å². The standard InChI is InChI=1S/C9H15N3O2/c1-6(2)12-4-3-7(11-12)5-8(10)9(13)14/h3-4,6,8H,5,10H2,1-2H3,(H,13,14)/t8-/m0/s1. The van der Waals surface area contributed by atoms with Gasteiger partial charge in [0.25, 0.3) is 0 Å². The number of carbonyl (C=O) groups is 1. The summed E-state index contributed by atoms with van der Waals surface area (Å²) in [6.45, 7) is 4.02. The van der Waals surface area contributed by atoms with E-state index in [0.717, 1.165) is 0 Å². The first-order valence-corrected chi connectivity index (χ1v) is 4.53. The molecule has 0 bridgehead atoms. The van der Waals surface area contributed by atoms with Crippen molar-refractivity contribution in [1.82, 2.24) is 9.78 Å². The molecule has 0 spiro atoms. The zero-order valence-corrected chi connectivity index (χ0v) is 8.34. The lowest BCUT2D eigenvalue weighted by Gasteiger charge is -2.05. The Kier molecular flexibility index (Phi) is 3.24. The predicted octanol–water partition coefficient (Wildman–Crippen LogP) is 0.418. The minimum atomic E-state index is -0.996. The fraction of sp³-hybridized carbons (Fsp3) is 0.556. The van der Waals surface area contributed by atoms with Gasteiger partial charge in [-0.05, 0) is 19.9 Å². The lowest BCUT2D eigenvalue weighted by atomic mass is 10.2. The third-order valence-electron chi connectivity index (χ3n) is 1.94. The maximum atomic E-state index is 10.5. The minimum absolute atomic E-state index is 0.273. The van der Waals surface area contributed by atoms with Crippen LogP contribution in [0.15, 0.2) is 12.3 Å². The number of nitrogens with two attached hydrogens (primary N) is 1. The van der Waals surface area contributed by atoms with Crippen LogP contribution in [0.1, 0.15) is 25.6 Å². The van der Waals surface area contributed by atoms with Crippen molar-refractivity contribution >= 4 is 5.97 Å². The molecule has 0 saturated carbocycles. The number of carboxylic acid groups (broad SMARTS) is 1. The lowest BCUT2D eigenvalue weighted by Crippen LogP contribution is -2.32. The summed E-state index contributed by atoms with van der Waals surface area (Å²) in [5.74, 6) is -0.996. The van der Waals surface area contributed by atoms with Crippen LogP contribution in [0.2, 0.25) is 0 Å². The van der Waals surface area contributed by atoms with Gasteiger partial charge in [-0.2, -0.15) is 5.10 Å². The molecule has 0 amide bonds. The average molecular weight is 197 g/mol. The summed E-state index contributed by atoms with van der Waals surface area (Å²) in [4.78, 5) is 10.5. The van der Waals surface area contributed by atoms with E-state index >= 15 is 0 Å². The van der Waals surface area contributed by atoms with Gasteiger partial charge in [0.2, 0.25) is 0 Å². The molecular formula is C9H15N3O2. The van der Waals surface area contributed by atoms with E-state index in [9.17, 15) is 4.79 Å². The van der Waals surface area contributed by atoms with Crippen molar-refractivity contribution < 1.29 is 9.90 Å². The highest BCUT2D eigenvalue weighted by Crippen LogP contribution is 2.05. The molecule has 0 aliphatic rings. The monoisotopic (exact) mass is 197 g/mol. The third-order valence-corrected chi connectivity index (χ3v) is 1.94. The molecule has 0 saturated heterocycles. The fourth-order valence-electron chi connectivity index (χ4n) is 1.09. The Bertz CT molecular complexity index is 320. The van der Waals surface area contributed by atoms with Crippen molar-refractivity contribution in [3.8, 4) is 0 Å². The summed E-state index contributed by atoms with van der Waals surface area (Å²) >= 11 is 0. The van der Waals surface area contributed by atoms with Crippen molar-refractivity contribution in [3.63, 3.8) is 0 Å². The van der Waals surface area contributed by atoms with Crippen molar-refractivity contribution in [2.24, 2.45) is 5.73 Å². The van der Waals surface area contributed by atoms with E-state index < -0.39 is 12.0 Å². The van der Waals surface area contributed by atoms with Crippen molar-refractivity contribution in [1.29, 1.82) is 0 Å². The summed E-state index contributed by atoms with van der Waals surface area (Å²) in [6.07, 6.45) is 2.10. The number of aliphatic carboxylic acids is 1. The number of hydrogen-bond donors (Lipinski definition) is 2. The highest BCUT2D eigenvalue weighted by Gasteiger charge is 2.13.